The number of rotatable bonds is 3. The van der Waals surface area contributed by atoms with Gasteiger partial charge in [-0.3, -0.25) is 0 Å². The third-order valence-corrected chi connectivity index (χ3v) is 2.05. The van der Waals surface area contributed by atoms with Gasteiger partial charge >= 0.3 is 0 Å². The van der Waals surface area contributed by atoms with E-state index in [1.54, 1.807) is 0 Å². The van der Waals surface area contributed by atoms with Gasteiger partial charge in [0.05, 0.1) is 0 Å². The Morgan fingerprint density at radius 3 is 2.69 bits per heavy atom. The highest BCUT2D eigenvalue weighted by Crippen LogP contribution is 2.17. The van der Waals surface area contributed by atoms with Gasteiger partial charge in [0.1, 0.15) is 0 Å². The van der Waals surface area contributed by atoms with Crippen LogP contribution in [-0.2, 0) is 6.42 Å². The average molecular weight is 172 g/mol. The molecule has 0 heteroatoms. The van der Waals surface area contributed by atoms with E-state index in [1.807, 2.05) is 6.92 Å². The van der Waals surface area contributed by atoms with E-state index in [1.165, 1.54) is 11.1 Å². The molecule has 0 heterocycles. The van der Waals surface area contributed by atoms with Gasteiger partial charge in [-0.2, -0.15) is 0 Å². The molecule has 1 rings (SSSR count). The van der Waals surface area contributed by atoms with Crippen molar-refractivity contribution in [3.05, 3.63) is 54.1 Å². The van der Waals surface area contributed by atoms with E-state index >= 15 is 0 Å². The Kier molecular flexibility index (Phi) is 3.51. The van der Waals surface area contributed by atoms with Gasteiger partial charge in [0, 0.05) is 0 Å². The van der Waals surface area contributed by atoms with Gasteiger partial charge in [0.25, 0.3) is 0 Å². The fourth-order valence-corrected chi connectivity index (χ4v) is 1.36. The third-order valence-electron chi connectivity index (χ3n) is 2.05. The molecule has 0 saturated carbocycles. The number of hydrogen-bond donors (Lipinski definition) is 0. The fourth-order valence-electron chi connectivity index (χ4n) is 1.36. The van der Waals surface area contributed by atoms with Crippen molar-refractivity contribution in [2.45, 2.75) is 20.3 Å². The molecule has 0 aromatic heterocycles. The van der Waals surface area contributed by atoms with Gasteiger partial charge in [-0.05, 0) is 31.4 Å². The molecule has 0 unspecified atom stereocenters. The molecule has 0 saturated heterocycles. The van der Waals surface area contributed by atoms with E-state index in [4.69, 9.17) is 0 Å². The zero-order valence-corrected chi connectivity index (χ0v) is 8.38. The summed E-state index contributed by atoms with van der Waals surface area (Å²) in [4.78, 5) is 0. The molecular weight excluding hydrogens is 156 g/mol. The summed E-state index contributed by atoms with van der Waals surface area (Å²) in [5, 5.41) is 0. The molecular formula is C13H16. The van der Waals surface area contributed by atoms with Crippen LogP contribution in [0.5, 0.6) is 0 Å². The standard InChI is InChI=1S/C13H16/c1-4-5-8-12-9-6-7-10-13(12)11(2)3/h4-7,9-10H,2,8H2,1,3H3/b5-4+. The lowest BCUT2D eigenvalue weighted by Crippen LogP contribution is -1.88. The minimum Gasteiger partial charge on any atom is -0.0955 e. The van der Waals surface area contributed by atoms with Crippen molar-refractivity contribution in [3.63, 3.8) is 0 Å². The number of hydrogen-bond acceptors (Lipinski definition) is 0. The molecule has 0 N–H and O–H groups in total. The van der Waals surface area contributed by atoms with Gasteiger partial charge in [0.15, 0.2) is 0 Å². The first kappa shape index (κ1) is 9.79. The zero-order chi connectivity index (χ0) is 9.68. The molecule has 68 valence electrons. The van der Waals surface area contributed by atoms with Crippen molar-refractivity contribution in [2.75, 3.05) is 0 Å². The fraction of sp³-hybridized carbons (Fsp3) is 0.231. The van der Waals surface area contributed by atoms with Crippen LogP contribution in [0.2, 0.25) is 0 Å². The monoisotopic (exact) mass is 172 g/mol. The van der Waals surface area contributed by atoms with Crippen LogP contribution < -0.4 is 0 Å². The first-order chi connectivity index (χ1) is 6.25. The molecule has 0 aliphatic carbocycles. The summed E-state index contributed by atoms with van der Waals surface area (Å²) in [5.41, 5.74) is 3.77. The summed E-state index contributed by atoms with van der Waals surface area (Å²) in [6, 6.07) is 8.42. The predicted molar refractivity (Wildman–Crippen MR) is 59.7 cm³/mol. The summed E-state index contributed by atoms with van der Waals surface area (Å²) >= 11 is 0. The minimum atomic E-state index is 1.000. The molecule has 0 radical (unpaired) electrons. The van der Waals surface area contributed by atoms with Crippen molar-refractivity contribution in [1.82, 2.24) is 0 Å². The molecule has 0 nitrogen and oxygen atoms in total. The molecule has 0 aliphatic rings. The zero-order valence-electron chi connectivity index (χ0n) is 8.38. The smallest absolute Gasteiger partial charge is 0.00915 e. The molecule has 1 aromatic carbocycles. The van der Waals surface area contributed by atoms with Crippen LogP contribution in [0.4, 0.5) is 0 Å². The highest BCUT2D eigenvalue weighted by molar-refractivity contribution is 5.64. The summed E-state index contributed by atoms with van der Waals surface area (Å²) < 4.78 is 0. The van der Waals surface area contributed by atoms with E-state index in [2.05, 4.69) is 49.9 Å². The Balaban J connectivity index is 2.97. The topological polar surface area (TPSA) is 0 Å². The van der Waals surface area contributed by atoms with E-state index < -0.39 is 0 Å². The normalized spacial score (nSPS) is 10.6. The Morgan fingerprint density at radius 1 is 1.38 bits per heavy atom. The van der Waals surface area contributed by atoms with E-state index in [0.29, 0.717) is 0 Å². The Hall–Kier alpha value is -1.30. The minimum absolute atomic E-state index is 1.000. The quantitative estimate of drug-likeness (QED) is 0.608. The summed E-state index contributed by atoms with van der Waals surface area (Å²) in [5.74, 6) is 0. The number of allylic oxidation sites excluding steroid dienone is 3. The summed E-state index contributed by atoms with van der Waals surface area (Å²) in [7, 11) is 0. The van der Waals surface area contributed by atoms with Crippen molar-refractivity contribution >= 4 is 5.57 Å². The maximum Gasteiger partial charge on any atom is -0.00915 e. The number of benzene rings is 1. The van der Waals surface area contributed by atoms with Crippen LogP contribution in [0, 0.1) is 0 Å². The van der Waals surface area contributed by atoms with Crippen LogP contribution in [-0.4, -0.2) is 0 Å². The first-order valence-corrected chi connectivity index (χ1v) is 4.60. The second kappa shape index (κ2) is 4.66. The Labute approximate surface area is 80.6 Å². The molecule has 0 bridgehead atoms. The molecule has 0 amide bonds. The lowest BCUT2D eigenvalue weighted by Gasteiger charge is -2.06. The highest BCUT2D eigenvalue weighted by Gasteiger charge is 1.98. The van der Waals surface area contributed by atoms with Crippen LogP contribution in [0.1, 0.15) is 25.0 Å². The Morgan fingerprint density at radius 2 is 2.08 bits per heavy atom. The molecule has 0 spiro atoms. The second-order valence-corrected chi connectivity index (χ2v) is 3.21. The maximum atomic E-state index is 3.97. The summed E-state index contributed by atoms with van der Waals surface area (Å²) in [6.07, 6.45) is 5.25. The van der Waals surface area contributed by atoms with Gasteiger partial charge in [-0.1, -0.05) is 48.6 Å². The third kappa shape index (κ3) is 2.59. The molecule has 0 fully saturated rings. The molecule has 13 heavy (non-hydrogen) atoms. The van der Waals surface area contributed by atoms with Gasteiger partial charge < -0.3 is 0 Å². The summed E-state index contributed by atoms with van der Waals surface area (Å²) in [6.45, 7) is 8.07. The molecule has 0 aliphatic heterocycles. The van der Waals surface area contributed by atoms with Gasteiger partial charge in [-0.25, -0.2) is 0 Å². The van der Waals surface area contributed by atoms with Crippen molar-refractivity contribution in [1.29, 1.82) is 0 Å². The molecule has 1 aromatic rings. The van der Waals surface area contributed by atoms with Crippen molar-refractivity contribution < 1.29 is 0 Å². The van der Waals surface area contributed by atoms with Crippen LogP contribution in [0.15, 0.2) is 43.0 Å². The van der Waals surface area contributed by atoms with E-state index in [9.17, 15) is 0 Å². The Bertz CT molecular complexity index is 319. The van der Waals surface area contributed by atoms with E-state index in [-0.39, 0.29) is 0 Å². The lowest BCUT2D eigenvalue weighted by molar-refractivity contribution is 1.24. The van der Waals surface area contributed by atoms with Crippen LogP contribution in [0.3, 0.4) is 0 Å². The first-order valence-electron chi connectivity index (χ1n) is 4.60. The maximum absolute atomic E-state index is 3.97. The van der Waals surface area contributed by atoms with Gasteiger partial charge in [0.2, 0.25) is 0 Å². The predicted octanol–water partition coefficient (Wildman–Crippen LogP) is 3.84. The average Bonchev–Trinajstić information content (AvgIpc) is 2.15. The largest absolute Gasteiger partial charge is 0.0955 e. The van der Waals surface area contributed by atoms with E-state index in [0.717, 1.165) is 12.0 Å². The van der Waals surface area contributed by atoms with Crippen LogP contribution in [0.25, 0.3) is 5.57 Å². The SMILES string of the molecule is C=C(C)c1ccccc1C/C=C/C. The lowest BCUT2D eigenvalue weighted by atomic mass is 10.00. The van der Waals surface area contributed by atoms with Crippen molar-refractivity contribution in [3.8, 4) is 0 Å². The van der Waals surface area contributed by atoms with Crippen molar-refractivity contribution in [2.24, 2.45) is 0 Å². The molecule has 0 atom stereocenters. The second-order valence-electron chi connectivity index (χ2n) is 3.21. The highest BCUT2D eigenvalue weighted by atomic mass is 14.0. The van der Waals surface area contributed by atoms with Crippen LogP contribution >= 0.6 is 0 Å². The van der Waals surface area contributed by atoms with Gasteiger partial charge in [-0.15, -0.1) is 0 Å².